The highest BCUT2D eigenvalue weighted by atomic mass is 32.9. The molecule has 0 aromatic heterocycles. The zero-order valence-corrected chi connectivity index (χ0v) is 29.9. The van der Waals surface area contributed by atoms with Gasteiger partial charge in [-0.05, 0) is 108 Å². The van der Waals surface area contributed by atoms with E-state index in [-0.39, 0.29) is 11.9 Å². The highest BCUT2D eigenvalue weighted by molar-refractivity contribution is 8.34. The van der Waals surface area contributed by atoms with Gasteiger partial charge in [-0.1, -0.05) is 31.2 Å². The van der Waals surface area contributed by atoms with Crippen LogP contribution in [-0.2, 0) is 42.4 Å². The molecule has 0 aliphatic rings. The van der Waals surface area contributed by atoms with Crippen LogP contribution in [-0.4, -0.2) is 40.4 Å². The Morgan fingerprint density at radius 2 is 1.43 bits per heavy atom. The molecule has 0 spiro atoms. The molecule has 2 rings (SSSR count). The summed E-state index contributed by atoms with van der Waals surface area (Å²) in [6.07, 6.45) is 0. The first-order valence-electron chi connectivity index (χ1n) is 12.3. The average molecular weight is 631 g/mol. The van der Waals surface area contributed by atoms with Crippen LogP contribution in [0.5, 0.6) is 5.75 Å². The maximum Gasteiger partial charge on any atom is 0.316 e. The van der Waals surface area contributed by atoms with E-state index < -0.39 is 41.1 Å². The molecule has 2 aromatic rings. The van der Waals surface area contributed by atoms with Crippen molar-refractivity contribution < 1.29 is 26.4 Å². The van der Waals surface area contributed by atoms with Crippen LogP contribution >= 0.6 is 6.58 Å². The Kier molecular flexibility index (Phi) is 11.8. The fraction of sp³-hybridized carbons (Fsp3) is 0.458. The molecular formula is C24H39O6PS2Si4. The van der Waals surface area contributed by atoms with Crippen molar-refractivity contribution in [2.75, 3.05) is 0 Å². The van der Waals surface area contributed by atoms with Gasteiger partial charge in [-0.15, -0.1) is 0 Å². The number of ether oxygens (including phenoxy) is 1. The predicted molar refractivity (Wildman–Crippen MR) is 168 cm³/mol. The van der Waals surface area contributed by atoms with Crippen LogP contribution in [0.2, 0.25) is 58.4 Å². The number of carbonyl (C=O) groups excluding carboxylic acids is 1. The first-order chi connectivity index (χ1) is 17.0. The number of hydrogen-bond acceptors (Lipinski definition) is 7. The lowest BCUT2D eigenvalue weighted by Crippen LogP contribution is -2.53. The summed E-state index contributed by atoms with van der Waals surface area (Å²) in [6.45, 7) is 17.3. The van der Waals surface area contributed by atoms with E-state index >= 15 is 0 Å². The molecule has 4 atom stereocenters. The van der Waals surface area contributed by atoms with Gasteiger partial charge in [0.1, 0.15) is 5.75 Å². The topological polar surface area (TPSA) is 71.1 Å². The van der Waals surface area contributed by atoms with E-state index in [1.54, 1.807) is 12.1 Å². The monoisotopic (exact) mass is 630 g/mol. The number of benzene rings is 2. The minimum Gasteiger partial charge on any atom is -0.439 e. The first kappa shape index (κ1) is 32.4. The minimum absolute atomic E-state index is 0.302. The van der Waals surface area contributed by atoms with Crippen molar-refractivity contribution in [2.24, 2.45) is 5.92 Å². The van der Waals surface area contributed by atoms with Gasteiger partial charge >= 0.3 is 14.5 Å². The van der Waals surface area contributed by atoms with E-state index in [2.05, 4.69) is 45.8 Å². The Balaban J connectivity index is 2.09. The standard InChI is InChI=1S/C24H39O6PS2Si4/c1-19(18-37(9,30-36(6,7)8)29-34(2)28-35(3,4)5)24(25)27-22-14-10-20(11-15-22)21-12-16-23(17-13-21)31(26)33-32/h10-17,19,34H,18H2,1-9H3. The van der Waals surface area contributed by atoms with Gasteiger partial charge in [0.15, 0.2) is 23.2 Å². The average Bonchev–Trinajstić information content (AvgIpc) is 2.76. The van der Waals surface area contributed by atoms with Crippen LogP contribution in [0.25, 0.3) is 11.1 Å². The van der Waals surface area contributed by atoms with E-state index in [0.29, 0.717) is 11.8 Å². The molecule has 0 heterocycles. The SMILES string of the molecule is CC(C[Si](C)(O[SiH](C)O[Si](C)(C)C)O[Si](C)(C)C)C(=O)Oc1ccc(-c2ccc(P(=O)=S=S)cc2)cc1. The van der Waals surface area contributed by atoms with E-state index in [4.69, 9.17) is 28.3 Å². The zero-order valence-electron chi connectivity index (χ0n) is 23.2. The lowest BCUT2D eigenvalue weighted by molar-refractivity contribution is -0.137. The molecule has 0 aliphatic heterocycles. The van der Waals surface area contributed by atoms with Crippen LogP contribution in [0.1, 0.15) is 6.92 Å². The molecule has 204 valence electrons. The fourth-order valence-electron chi connectivity index (χ4n) is 4.02. The molecule has 13 heteroatoms. The lowest BCUT2D eigenvalue weighted by atomic mass is 10.1. The van der Waals surface area contributed by atoms with E-state index in [1.807, 2.05) is 49.9 Å². The zero-order chi connectivity index (χ0) is 28.0. The number of hydrogen-bond donors (Lipinski definition) is 0. The molecule has 0 saturated heterocycles. The summed E-state index contributed by atoms with van der Waals surface area (Å²) in [5.41, 5.74) is 1.95. The minimum atomic E-state index is -2.67. The van der Waals surface area contributed by atoms with Crippen LogP contribution in [0.3, 0.4) is 0 Å². The first-order valence-corrected chi connectivity index (χ1v) is 27.3. The maximum absolute atomic E-state index is 13.0. The Bertz CT molecular complexity index is 1170. The van der Waals surface area contributed by atoms with E-state index in [1.165, 1.54) is 0 Å². The third-order valence-corrected chi connectivity index (χ3v) is 21.2. The van der Waals surface area contributed by atoms with Gasteiger partial charge in [-0.25, -0.2) is 0 Å². The van der Waals surface area contributed by atoms with E-state index in [0.717, 1.165) is 25.9 Å². The largest absolute Gasteiger partial charge is 0.439 e. The summed E-state index contributed by atoms with van der Waals surface area (Å²) in [5.74, 6) is -0.190. The van der Waals surface area contributed by atoms with Crippen molar-refractivity contribution in [3.05, 3.63) is 48.5 Å². The second kappa shape index (κ2) is 13.5. The Morgan fingerprint density at radius 1 is 0.919 bits per heavy atom. The molecule has 0 bridgehead atoms. The molecule has 0 fully saturated rings. The van der Waals surface area contributed by atoms with Crippen LogP contribution in [0, 0.1) is 5.92 Å². The molecule has 0 N–H and O–H groups in total. The van der Waals surface area contributed by atoms with Gasteiger partial charge in [0, 0.05) is 11.3 Å². The Hall–Kier alpha value is -0.802. The maximum atomic E-state index is 13.0. The molecule has 0 amide bonds. The summed E-state index contributed by atoms with van der Waals surface area (Å²) in [4.78, 5) is 13.0. The van der Waals surface area contributed by atoms with Crippen LogP contribution < -0.4 is 10.0 Å². The summed E-state index contributed by atoms with van der Waals surface area (Å²) in [5, 5.41) is 0.722. The third kappa shape index (κ3) is 11.5. The van der Waals surface area contributed by atoms with Crippen molar-refractivity contribution in [3.63, 3.8) is 0 Å². The van der Waals surface area contributed by atoms with Crippen molar-refractivity contribution in [3.8, 4) is 16.9 Å². The molecule has 0 aliphatic carbocycles. The summed E-state index contributed by atoms with van der Waals surface area (Å²) < 4.78 is 36.9. The molecule has 2 aromatic carbocycles. The van der Waals surface area contributed by atoms with Crippen LogP contribution in [0.4, 0.5) is 0 Å². The van der Waals surface area contributed by atoms with Gasteiger partial charge in [0.25, 0.3) is 9.28 Å². The molecular weight excluding hydrogens is 592 g/mol. The van der Waals surface area contributed by atoms with Crippen molar-refractivity contribution in [2.45, 2.75) is 65.3 Å². The van der Waals surface area contributed by atoms with Gasteiger partial charge in [-0.2, -0.15) is 0 Å². The lowest BCUT2D eigenvalue weighted by Gasteiger charge is -2.38. The van der Waals surface area contributed by atoms with Crippen LogP contribution in [0.15, 0.2) is 48.5 Å². The van der Waals surface area contributed by atoms with Crippen molar-refractivity contribution >= 4 is 73.0 Å². The predicted octanol–water partition coefficient (Wildman–Crippen LogP) is 6.45. The third-order valence-electron chi connectivity index (χ3n) is 5.09. The van der Waals surface area contributed by atoms with E-state index in [9.17, 15) is 9.36 Å². The van der Waals surface area contributed by atoms with Gasteiger partial charge in [0.2, 0.25) is 0 Å². The highest BCUT2D eigenvalue weighted by Crippen LogP contribution is 2.28. The molecule has 4 unspecified atom stereocenters. The Morgan fingerprint density at radius 3 is 1.89 bits per heavy atom. The summed E-state index contributed by atoms with van der Waals surface area (Å²) in [6, 6.07) is 15.4. The fourth-order valence-corrected chi connectivity index (χ4v) is 21.1. The van der Waals surface area contributed by atoms with Crippen molar-refractivity contribution in [1.29, 1.82) is 0 Å². The van der Waals surface area contributed by atoms with Crippen molar-refractivity contribution in [1.82, 2.24) is 0 Å². The molecule has 0 saturated carbocycles. The molecule has 0 radical (unpaired) electrons. The second-order valence-electron chi connectivity index (χ2n) is 11.2. The molecule has 6 nitrogen and oxygen atoms in total. The van der Waals surface area contributed by atoms with Gasteiger partial charge < -0.3 is 17.1 Å². The summed E-state index contributed by atoms with van der Waals surface area (Å²) in [7, 11) is -7.27. The smallest absolute Gasteiger partial charge is 0.316 e. The number of esters is 1. The number of carbonyl (C=O) groups is 1. The highest BCUT2D eigenvalue weighted by Gasteiger charge is 2.42. The molecule has 37 heavy (non-hydrogen) atoms. The Labute approximate surface area is 235 Å². The second-order valence-corrected chi connectivity index (χ2v) is 30.1. The normalized spacial score (nSPS) is 15.9. The summed E-state index contributed by atoms with van der Waals surface area (Å²) >= 11 is 4.82. The number of rotatable bonds is 12. The van der Waals surface area contributed by atoms with Gasteiger partial charge in [-0.3, -0.25) is 9.36 Å². The quantitative estimate of drug-likeness (QED) is 0.116. The van der Waals surface area contributed by atoms with Gasteiger partial charge in [0.05, 0.1) is 5.92 Å².